The Bertz CT molecular complexity index is 568. The van der Waals surface area contributed by atoms with Crippen LogP contribution in [0.3, 0.4) is 0 Å². The van der Waals surface area contributed by atoms with Crippen molar-refractivity contribution in [2.24, 2.45) is 0 Å². The number of fused-ring (bicyclic) bond motifs is 1. The molecule has 0 atom stereocenters. The topological polar surface area (TPSA) is 81.0 Å². The Kier molecular flexibility index (Phi) is 2.86. The van der Waals surface area contributed by atoms with Gasteiger partial charge in [0.1, 0.15) is 12.1 Å². The average molecular weight is 232 g/mol. The molecule has 1 heterocycles. The molecule has 0 fully saturated rings. The number of nitro benzene ring substituents is 1. The van der Waals surface area contributed by atoms with Gasteiger partial charge < -0.3 is 5.32 Å². The number of benzene rings is 1. The molecule has 1 N–H and O–H groups in total. The van der Waals surface area contributed by atoms with E-state index in [1.54, 1.807) is 6.07 Å². The second kappa shape index (κ2) is 4.32. The summed E-state index contributed by atoms with van der Waals surface area (Å²) in [7, 11) is 0. The lowest BCUT2D eigenvalue weighted by molar-refractivity contribution is -0.384. The first-order valence-electron chi connectivity index (χ1n) is 5.23. The fraction of sp³-hybridized carbons (Fsp3) is 0.273. The van der Waals surface area contributed by atoms with Crippen LogP contribution in [-0.2, 0) is 0 Å². The van der Waals surface area contributed by atoms with Crippen molar-refractivity contribution < 1.29 is 4.92 Å². The van der Waals surface area contributed by atoms with Crippen LogP contribution < -0.4 is 5.32 Å². The molecule has 17 heavy (non-hydrogen) atoms. The van der Waals surface area contributed by atoms with Gasteiger partial charge in [-0.1, -0.05) is 0 Å². The van der Waals surface area contributed by atoms with Crippen molar-refractivity contribution in [2.75, 3.05) is 5.32 Å². The van der Waals surface area contributed by atoms with Gasteiger partial charge in [0, 0.05) is 23.6 Å². The van der Waals surface area contributed by atoms with Crippen LogP contribution in [0.2, 0.25) is 0 Å². The van der Waals surface area contributed by atoms with Crippen LogP contribution in [0, 0.1) is 10.1 Å². The van der Waals surface area contributed by atoms with Crippen molar-refractivity contribution in [2.45, 2.75) is 19.9 Å². The smallest absolute Gasteiger partial charge is 0.271 e. The van der Waals surface area contributed by atoms with E-state index in [0.29, 0.717) is 11.3 Å². The van der Waals surface area contributed by atoms with Crippen molar-refractivity contribution in [3.05, 3.63) is 34.6 Å². The minimum Gasteiger partial charge on any atom is -0.367 e. The quantitative estimate of drug-likeness (QED) is 0.649. The van der Waals surface area contributed by atoms with Crippen LogP contribution in [0.4, 0.5) is 11.5 Å². The standard InChI is InChI=1S/C11H12N4O2/c1-7(2)14-11-9-4-3-8(15(16)17)5-10(9)12-6-13-11/h3-7H,1-2H3,(H,12,13,14). The summed E-state index contributed by atoms with van der Waals surface area (Å²) in [5.74, 6) is 0.694. The van der Waals surface area contributed by atoms with E-state index in [4.69, 9.17) is 0 Å². The van der Waals surface area contributed by atoms with Crippen molar-refractivity contribution in [3.63, 3.8) is 0 Å². The Morgan fingerprint density at radius 2 is 2.12 bits per heavy atom. The maximum Gasteiger partial charge on any atom is 0.271 e. The van der Waals surface area contributed by atoms with E-state index in [-0.39, 0.29) is 11.7 Å². The second-order valence-corrected chi connectivity index (χ2v) is 3.98. The SMILES string of the molecule is CC(C)Nc1ncnc2cc([N+](=O)[O-])ccc12. The maximum atomic E-state index is 10.7. The lowest BCUT2D eigenvalue weighted by atomic mass is 10.2. The third-order valence-corrected chi connectivity index (χ3v) is 2.26. The van der Waals surface area contributed by atoms with Gasteiger partial charge in [-0.15, -0.1) is 0 Å². The van der Waals surface area contributed by atoms with E-state index in [1.165, 1.54) is 18.5 Å². The van der Waals surface area contributed by atoms with Gasteiger partial charge in [0.05, 0.1) is 10.4 Å². The molecule has 2 rings (SSSR count). The Balaban J connectivity index is 2.54. The minimum atomic E-state index is -0.433. The fourth-order valence-corrected chi connectivity index (χ4v) is 1.55. The second-order valence-electron chi connectivity index (χ2n) is 3.98. The predicted octanol–water partition coefficient (Wildman–Crippen LogP) is 2.36. The molecule has 0 bridgehead atoms. The van der Waals surface area contributed by atoms with Gasteiger partial charge >= 0.3 is 0 Å². The number of nitrogens with one attached hydrogen (secondary N) is 1. The van der Waals surface area contributed by atoms with E-state index < -0.39 is 4.92 Å². The molecule has 0 spiro atoms. The summed E-state index contributed by atoms with van der Waals surface area (Å²) in [5.41, 5.74) is 0.601. The summed E-state index contributed by atoms with van der Waals surface area (Å²) in [6.45, 7) is 4.00. The number of aromatic nitrogens is 2. The van der Waals surface area contributed by atoms with Gasteiger partial charge in [0.25, 0.3) is 5.69 Å². The first-order chi connectivity index (χ1) is 8.08. The summed E-state index contributed by atoms with van der Waals surface area (Å²) < 4.78 is 0. The highest BCUT2D eigenvalue weighted by molar-refractivity contribution is 5.90. The van der Waals surface area contributed by atoms with Crippen LogP contribution in [0.25, 0.3) is 10.9 Å². The Morgan fingerprint density at radius 1 is 1.35 bits per heavy atom. The van der Waals surface area contributed by atoms with Crippen molar-refractivity contribution in [1.82, 2.24) is 9.97 Å². The van der Waals surface area contributed by atoms with E-state index >= 15 is 0 Å². The third-order valence-electron chi connectivity index (χ3n) is 2.26. The Hall–Kier alpha value is -2.24. The number of hydrogen-bond donors (Lipinski definition) is 1. The minimum absolute atomic E-state index is 0.0340. The summed E-state index contributed by atoms with van der Waals surface area (Å²) in [6, 6.07) is 4.81. The lowest BCUT2D eigenvalue weighted by Gasteiger charge is -2.10. The number of rotatable bonds is 3. The van der Waals surface area contributed by atoms with Gasteiger partial charge in [-0.25, -0.2) is 9.97 Å². The predicted molar refractivity (Wildman–Crippen MR) is 65.0 cm³/mol. The van der Waals surface area contributed by atoms with Crippen LogP contribution in [0.1, 0.15) is 13.8 Å². The zero-order chi connectivity index (χ0) is 12.4. The van der Waals surface area contributed by atoms with Gasteiger partial charge in [-0.05, 0) is 19.9 Å². The Labute approximate surface area is 97.9 Å². The summed E-state index contributed by atoms with van der Waals surface area (Å²) >= 11 is 0. The number of nitro groups is 1. The molecule has 0 aliphatic heterocycles. The van der Waals surface area contributed by atoms with Gasteiger partial charge in [-0.3, -0.25) is 10.1 Å². The fourth-order valence-electron chi connectivity index (χ4n) is 1.55. The monoisotopic (exact) mass is 232 g/mol. The van der Waals surface area contributed by atoms with E-state index in [2.05, 4.69) is 15.3 Å². The molecular formula is C11H12N4O2. The summed E-state index contributed by atoms with van der Waals surface area (Å²) in [6.07, 6.45) is 1.40. The number of anilines is 1. The van der Waals surface area contributed by atoms with Crippen LogP contribution >= 0.6 is 0 Å². The largest absolute Gasteiger partial charge is 0.367 e. The maximum absolute atomic E-state index is 10.7. The molecule has 0 amide bonds. The number of nitrogens with zero attached hydrogens (tertiary/aromatic N) is 3. The molecule has 6 nitrogen and oxygen atoms in total. The number of hydrogen-bond acceptors (Lipinski definition) is 5. The highest BCUT2D eigenvalue weighted by atomic mass is 16.6. The van der Waals surface area contributed by atoms with Gasteiger partial charge in [0.15, 0.2) is 0 Å². The molecular weight excluding hydrogens is 220 g/mol. The zero-order valence-corrected chi connectivity index (χ0v) is 9.54. The molecule has 1 aromatic heterocycles. The summed E-state index contributed by atoms with van der Waals surface area (Å²) in [4.78, 5) is 18.4. The molecule has 0 aliphatic rings. The zero-order valence-electron chi connectivity index (χ0n) is 9.54. The van der Waals surface area contributed by atoms with E-state index in [1.807, 2.05) is 13.8 Å². The number of non-ortho nitro benzene ring substituents is 1. The van der Waals surface area contributed by atoms with Crippen LogP contribution in [0.15, 0.2) is 24.5 Å². The molecule has 0 saturated carbocycles. The molecule has 2 aromatic rings. The highest BCUT2D eigenvalue weighted by Gasteiger charge is 2.10. The highest BCUT2D eigenvalue weighted by Crippen LogP contribution is 2.23. The Morgan fingerprint density at radius 3 is 2.76 bits per heavy atom. The first-order valence-corrected chi connectivity index (χ1v) is 5.23. The third kappa shape index (κ3) is 2.30. The molecule has 0 unspecified atom stereocenters. The molecule has 6 heteroatoms. The van der Waals surface area contributed by atoms with Gasteiger partial charge in [-0.2, -0.15) is 0 Å². The summed E-state index contributed by atoms with van der Waals surface area (Å²) in [5, 5.41) is 14.6. The van der Waals surface area contributed by atoms with Crippen molar-refractivity contribution >= 4 is 22.4 Å². The van der Waals surface area contributed by atoms with Crippen molar-refractivity contribution in [1.29, 1.82) is 0 Å². The van der Waals surface area contributed by atoms with Gasteiger partial charge in [0.2, 0.25) is 0 Å². The van der Waals surface area contributed by atoms with E-state index in [0.717, 1.165) is 5.39 Å². The lowest BCUT2D eigenvalue weighted by Crippen LogP contribution is -2.11. The molecule has 0 radical (unpaired) electrons. The molecule has 1 aromatic carbocycles. The van der Waals surface area contributed by atoms with Crippen molar-refractivity contribution in [3.8, 4) is 0 Å². The van der Waals surface area contributed by atoms with E-state index in [9.17, 15) is 10.1 Å². The normalized spacial score (nSPS) is 10.8. The van der Waals surface area contributed by atoms with Crippen LogP contribution in [0.5, 0.6) is 0 Å². The molecule has 0 aliphatic carbocycles. The van der Waals surface area contributed by atoms with Crippen LogP contribution in [-0.4, -0.2) is 20.9 Å². The first kappa shape index (κ1) is 11.3. The average Bonchev–Trinajstić information content (AvgIpc) is 2.28. The molecule has 0 saturated heterocycles. The molecule has 88 valence electrons.